The number of rotatable bonds is 8. The molecule has 2 fully saturated rings. The number of hydrogen-bond acceptors (Lipinski definition) is 9. The molecule has 39 heavy (non-hydrogen) atoms. The molecule has 0 bridgehead atoms. The summed E-state index contributed by atoms with van der Waals surface area (Å²) in [4.78, 5) is 37.5. The summed E-state index contributed by atoms with van der Waals surface area (Å²) in [5.74, 6) is 0.491. The maximum absolute atomic E-state index is 13.3. The van der Waals surface area contributed by atoms with Gasteiger partial charge in [0.2, 0.25) is 0 Å². The van der Waals surface area contributed by atoms with Crippen LogP contribution in [0.25, 0.3) is 11.1 Å². The first kappa shape index (κ1) is 26.7. The van der Waals surface area contributed by atoms with Gasteiger partial charge in [-0.2, -0.15) is 5.53 Å². The van der Waals surface area contributed by atoms with Crippen LogP contribution >= 0.6 is 0 Å². The zero-order valence-electron chi connectivity index (χ0n) is 22.3. The van der Waals surface area contributed by atoms with E-state index >= 15 is 0 Å². The van der Waals surface area contributed by atoms with Crippen molar-refractivity contribution in [2.24, 2.45) is 0 Å². The van der Waals surface area contributed by atoms with Gasteiger partial charge in [-0.05, 0) is 61.9 Å². The van der Waals surface area contributed by atoms with Crippen molar-refractivity contribution in [2.45, 2.75) is 18.9 Å². The molecular formula is C28H36N8O3. The average molecular weight is 533 g/mol. The van der Waals surface area contributed by atoms with Gasteiger partial charge >= 0.3 is 0 Å². The third-order valence-electron chi connectivity index (χ3n) is 7.32. The highest BCUT2D eigenvalue weighted by Crippen LogP contribution is 2.31. The fourth-order valence-electron chi connectivity index (χ4n) is 5.04. The van der Waals surface area contributed by atoms with Crippen LogP contribution in [0, 0.1) is 0 Å². The van der Waals surface area contributed by atoms with Crippen molar-refractivity contribution < 1.29 is 14.3 Å². The van der Waals surface area contributed by atoms with Crippen LogP contribution < -0.4 is 31.5 Å². The topological polar surface area (TPSA) is 114 Å². The van der Waals surface area contributed by atoms with Crippen LogP contribution in [0.5, 0.6) is 0 Å². The summed E-state index contributed by atoms with van der Waals surface area (Å²) in [6.07, 6.45) is 6.34. The molecule has 0 unspecified atom stereocenters. The quantitative estimate of drug-likeness (QED) is 0.375. The van der Waals surface area contributed by atoms with E-state index in [-0.39, 0.29) is 17.9 Å². The van der Waals surface area contributed by atoms with Crippen LogP contribution in [-0.4, -0.2) is 80.7 Å². The number of nitrogens with zero attached hydrogens (tertiary/aromatic N) is 4. The average Bonchev–Trinajstić information content (AvgIpc) is 3.51. The molecular weight excluding hydrogens is 496 g/mol. The van der Waals surface area contributed by atoms with Gasteiger partial charge in [-0.15, -0.1) is 0 Å². The Morgan fingerprint density at radius 3 is 2.62 bits per heavy atom. The molecule has 2 saturated heterocycles. The van der Waals surface area contributed by atoms with Crippen LogP contribution in [0.4, 0.5) is 11.5 Å². The van der Waals surface area contributed by atoms with Crippen molar-refractivity contribution >= 4 is 23.3 Å². The van der Waals surface area contributed by atoms with E-state index in [0.29, 0.717) is 43.9 Å². The van der Waals surface area contributed by atoms with E-state index in [2.05, 4.69) is 45.1 Å². The van der Waals surface area contributed by atoms with Crippen LogP contribution in [0.15, 0.2) is 61.1 Å². The molecule has 3 aliphatic rings. The Hall–Kier alpha value is -3.93. The number of hydrogen-bond donors (Lipinski definition) is 4. The molecule has 206 valence electrons. The third-order valence-corrected chi connectivity index (χ3v) is 7.32. The minimum atomic E-state index is -0.243. The Morgan fingerprint density at radius 1 is 1.15 bits per heavy atom. The molecule has 11 heteroatoms. The largest absolute Gasteiger partial charge is 0.381 e. The lowest BCUT2D eigenvalue weighted by Gasteiger charge is -2.34. The number of pyridine rings is 1. The van der Waals surface area contributed by atoms with Gasteiger partial charge in [0, 0.05) is 74.6 Å². The third kappa shape index (κ3) is 6.39. The lowest BCUT2D eigenvalue weighted by Crippen LogP contribution is -2.44. The molecule has 4 N–H and O–H groups in total. The Bertz CT molecular complexity index is 1220. The zero-order valence-corrected chi connectivity index (χ0v) is 22.3. The fraction of sp³-hybridized carbons (Fsp3) is 0.393. The standard InChI is InChI=1S/C28H36N8O3/c1-3-27(37)36(24-6-12-39-13-7-24)25-15-21(14-22(16-25)28(38)30-18-23-19-31-33-32-23)20-4-5-26(29-17-20)35-10-8-34(2)9-11-35/h3-5,14-17,19,24,31-33H,1,6-13,18H2,2H3,(H,30,38). The Kier molecular flexibility index (Phi) is 8.40. The smallest absolute Gasteiger partial charge is 0.251 e. The monoisotopic (exact) mass is 532 g/mol. The van der Waals surface area contributed by atoms with Crippen molar-refractivity contribution in [2.75, 3.05) is 62.8 Å². The molecule has 0 spiro atoms. The summed E-state index contributed by atoms with van der Waals surface area (Å²) in [7, 11) is 2.13. The van der Waals surface area contributed by atoms with E-state index < -0.39 is 0 Å². The molecule has 4 heterocycles. The molecule has 2 aromatic rings. The predicted octanol–water partition coefficient (Wildman–Crippen LogP) is 1.38. The molecule has 0 aliphatic carbocycles. The summed E-state index contributed by atoms with van der Waals surface area (Å²) >= 11 is 0. The Balaban J connectivity index is 1.47. The molecule has 1 aromatic carbocycles. The number of hydrazine groups is 2. The highest BCUT2D eigenvalue weighted by Gasteiger charge is 2.27. The molecule has 0 atom stereocenters. The van der Waals surface area contributed by atoms with Crippen molar-refractivity contribution in [1.29, 1.82) is 0 Å². The number of carbonyl (C=O) groups excluding carboxylic acids is 2. The number of aromatic nitrogens is 1. The first-order chi connectivity index (χ1) is 19.0. The van der Waals surface area contributed by atoms with E-state index in [4.69, 9.17) is 9.72 Å². The fourth-order valence-corrected chi connectivity index (χ4v) is 5.04. The van der Waals surface area contributed by atoms with Crippen molar-refractivity contribution in [3.05, 3.63) is 66.6 Å². The summed E-state index contributed by atoms with van der Waals surface area (Å²) in [5, 5.41) is 2.94. The number of ether oxygens (including phenoxy) is 1. The number of likely N-dealkylation sites (N-methyl/N-ethyl adjacent to an activating group) is 1. The number of carbonyl (C=O) groups is 2. The van der Waals surface area contributed by atoms with Crippen molar-refractivity contribution in [3.63, 3.8) is 0 Å². The molecule has 0 saturated carbocycles. The minimum Gasteiger partial charge on any atom is -0.381 e. The maximum atomic E-state index is 13.3. The van der Waals surface area contributed by atoms with E-state index in [1.807, 2.05) is 30.5 Å². The van der Waals surface area contributed by atoms with Gasteiger partial charge in [0.15, 0.2) is 0 Å². The van der Waals surface area contributed by atoms with E-state index in [1.54, 1.807) is 17.2 Å². The second kappa shape index (κ2) is 12.3. The molecule has 5 rings (SSSR count). The summed E-state index contributed by atoms with van der Waals surface area (Å²) in [6, 6.07) is 9.58. The SMILES string of the molecule is C=CC(=O)N(c1cc(C(=O)NCC2=CNNN2)cc(-c2ccc(N3CCN(C)CC3)nc2)c1)C1CCOCC1. The van der Waals surface area contributed by atoms with E-state index in [0.717, 1.165) is 48.8 Å². The minimum absolute atomic E-state index is 0.0434. The molecule has 0 radical (unpaired) electrons. The predicted molar refractivity (Wildman–Crippen MR) is 151 cm³/mol. The van der Waals surface area contributed by atoms with E-state index in [9.17, 15) is 9.59 Å². The second-order valence-corrected chi connectivity index (χ2v) is 9.97. The van der Waals surface area contributed by atoms with Crippen LogP contribution in [0.3, 0.4) is 0 Å². The van der Waals surface area contributed by atoms with Gasteiger partial charge in [0.25, 0.3) is 11.8 Å². The van der Waals surface area contributed by atoms with Crippen molar-refractivity contribution in [1.82, 2.24) is 31.6 Å². The lowest BCUT2D eigenvalue weighted by molar-refractivity contribution is -0.115. The van der Waals surface area contributed by atoms with Gasteiger partial charge < -0.3 is 35.6 Å². The maximum Gasteiger partial charge on any atom is 0.251 e. The summed E-state index contributed by atoms with van der Waals surface area (Å²) in [6.45, 7) is 9.08. The number of benzene rings is 1. The zero-order chi connectivity index (χ0) is 27.2. The molecule has 3 aliphatic heterocycles. The van der Waals surface area contributed by atoms with Crippen LogP contribution in [0.2, 0.25) is 0 Å². The number of anilines is 2. The van der Waals surface area contributed by atoms with Gasteiger partial charge in [0.05, 0.1) is 12.2 Å². The van der Waals surface area contributed by atoms with E-state index in [1.165, 1.54) is 6.08 Å². The molecule has 2 amide bonds. The Labute approximate surface area is 228 Å². The van der Waals surface area contributed by atoms with Gasteiger partial charge in [-0.25, -0.2) is 4.98 Å². The number of amides is 2. The van der Waals surface area contributed by atoms with Crippen LogP contribution in [-0.2, 0) is 9.53 Å². The second-order valence-electron chi connectivity index (χ2n) is 9.97. The lowest BCUT2D eigenvalue weighted by atomic mass is 10.00. The van der Waals surface area contributed by atoms with Gasteiger partial charge in [-0.3, -0.25) is 9.59 Å². The summed E-state index contributed by atoms with van der Waals surface area (Å²) in [5.41, 5.74) is 12.1. The number of nitrogens with one attached hydrogen (secondary N) is 4. The highest BCUT2D eigenvalue weighted by molar-refractivity contribution is 6.04. The first-order valence-corrected chi connectivity index (χ1v) is 13.3. The number of piperazine rings is 1. The van der Waals surface area contributed by atoms with Crippen molar-refractivity contribution in [3.8, 4) is 11.1 Å². The molecule has 1 aromatic heterocycles. The van der Waals surface area contributed by atoms with Crippen LogP contribution in [0.1, 0.15) is 23.2 Å². The Morgan fingerprint density at radius 2 is 1.95 bits per heavy atom. The normalized spacial score (nSPS) is 18.1. The van der Waals surface area contributed by atoms with Gasteiger partial charge in [-0.1, -0.05) is 6.58 Å². The summed E-state index contributed by atoms with van der Waals surface area (Å²) < 4.78 is 5.54. The van der Waals surface area contributed by atoms with Gasteiger partial charge in [0.1, 0.15) is 5.82 Å². The molecule has 11 nitrogen and oxygen atoms in total. The first-order valence-electron chi connectivity index (χ1n) is 13.3. The highest BCUT2D eigenvalue weighted by atomic mass is 16.5.